The molecule has 1 atom stereocenters. The van der Waals surface area contributed by atoms with Crippen LogP contribution in [0.4, 0.5) is 5.00 Å². The van der Waals surface area contributed by atoms with Gasteiger partial charge in [0, 0.05) is 19.1 Å². The van der Waals surface area contributed by atoms with Crippen LogP contribution in [0.25, 0.3) is 0 Å². The number of hydrogen-bond acceptors (Lipinski definition) is 6. The van der Waals surface area contributed by atoms with Crippen LogP contribution >= 0.6 is 22.7 Å². The number of carbonyl (C=O) groups is 3. The maximum absolute atomic E-state index is 12.5. The minimum absolute atomic E-state index is 0.0362. The predicted octanol–water partition coefficient (Wildman–Crippen LogP) is 2.13. The minimum Gasteiger partial charge on any atom is -0.366 e. The zero-order chi connectivity index (χ0) is 19.4. The Morgan fingerprint density at radius 1 is 1.19 bits per heavy atom. The average Bonchev–Trinajstić information content (AvgIpc) is 3.33. The van der Waals surface area contributed by atoms with Crippen LogP contribution in [0.15, 0.2) is 29.0 Å². The maximum Gasteiger partial charge on any atom is 0.261 e. The summed E-state index contributed by atoms with van der Waals surface area (Å²) in [6, 6.07) is 5.06. The van der Waals surface area contributed by atoms with Crippen molar-refractivity contribution in [2.45, 2.75) is 31.8 Å². The van der Waals surface area contributed by atoms with E-state index in [4.69, 9.17) is 5.73 Å². The number of carbonyl (C=O) groups excluding carboxylic acids is 3. The lowest BCUT2D eigenvalue weighted by atomic mass is 10.0. The number of primary amides is 1. The quantitative estimate of drug-likeness (QED) is 0.683. The Morgan fingerprint density at radius 2 is 1.93 bits per heavy atom. The molecule has 144 valence electrons. The van der Waals surface area contributed by atoms with Crippen LogP contribution in [0, 0.1) is 0 Å². The van der Waals surface area contributed by atoms with Crippen LogP contribution in [-0.4, -0.2) is 47.8 Å². The van der Waals surface area contributed by atoms with E-state index in [0.717, 1.165) is 25.9 Å². The van der Waals surface area contributed by atoms with Gasteiger partial charge in [-0.15, -0.1) is 22.7 Å². The third-order valence-corrected chi connectivity index (χ3v) is 6.40. The molecule has 0 spiro atoms. The molecule has 4 N–H and O–H groups in total. The third kappa shape index (κ3) is 4.74. The highest BCUT2D eigenvalue weighted by molar-refractivity contribution is 7.14. The van der Waals surface area contributed by atoms with Crippen molar-refractivity contribution < 1.29 is 14.4 Å². The summed E-state index contributed by atoms with van der Waals surface area (Å²) in [5.74, 6) is -0.756. The molecule has 2 aromatic rings. The van der Waals surface area contributed by atoms with Gasteiger partial charge in [-0.05, 0) is 42.7 Å². The number of amides is 3. The van der Waals surface area contributed by atoms with Gasteiger partial charge in [-0.1, -0.05) is 6.07 Å². The number of hydrogen-bond donors (Lipinski definition) is 3. The molecule has 0 aliphatic carbocycles. The third-order valence-electron chi connectivity index (χ3n) is 4.70. The molecule has 0 saturated carbocycles. The Morgan fingerprint density at radius 3 is 2.56 bits per heavy atom. The molecule has 0 bridgehead atoms. The predicted molar refractivity (Wildman–Crippen MR) is 107 cm³/mol. The Bertz CT molecular complexity index is 810. The van der Waals surface area contributed by atoms with Gasteiger partial charge in [0.1, 0.15) is 5.00 Å². The fourth-order valence-electron chi connectivity index (χ4n) is 3.08. The summed E-state index contributed by atoms with van der Waals surface area (Å²) in [5.41, 5.74) is 5.65. The van der Waals surface area contributed by atoms with Gasteiger partial charge < -0.3 is 16.4 Å². The molecule has 1 unspecified atom stereocenters. The summed E-state index contributed by atoms with van der Waals surface area (Å²) in [7, 11) is 0. The van der Waals surface area contributed by atoms with Crippen molar-refractivity contribution in [3.63, 3.8) is 0 Å². The van der Waals surface area contributed by atoms with Crippen molar-refractivity contribution in [1.29, 1.82) is 0 Å². The van der Waals surface area contributed by atoms with Gasteiger partial charge >= 0.3 is 0 Å². The Labute approximate surface area is 165 Å². The molecular formula is C18H22N4O3S2. The second kappa shape index (κ2) is 8.64. The number of likely N-dealkylation sites (tertiary alicyclic amines) is 1. The highest BCUT2D eigenvalue weighted by Gasteiger charge is 2.28. The monoisotopic (exact) mass is 406 g/mol. The van der Waals surface area contributed by atoms with Crippen LogP contribution in [0.2, 0.25) is 0 Å². The molecule has 9 heteroatoms. The van der Waals surface area contributed by atoms with Gasteiger partial charge in [0.05, 0.1) is 16.5 Å². The molecule has 7 nitrogen and oxygen atoms in total. The highest BCUT2D eigenvalue weighted by atomic mass is 32.1. The van der Waals surface area contributed by atoms with Crippen LogP contribution in [0.3, 0.4) is 0 Å². The largest absolute Gasteiger partial charge is 0.366 e. The maximum atomic E-state index is 12.5. The summed E-state index contributed by atoms with van der Waals surface area (Å²) in [6.45, 7) is 3.28. The molecule has 2 aromatic heterocycles. The fraction of sp³-hybridized carbons (Fsp3) is 0.389. The SMILES string of the molecule is CC(C(=O)Nc1sccc1C(N)=O)N1CCC(NC(=O)c2cccs2)CC1. The number of thiophene rings is 2. The average molecular weight is 407 g/mol. The second-order valence-corrected chi connectivity index (χ2v) is 8.32. The molecule has 27 heavy (non-hydrogen) atoms. The lowest BCUT2D eigenvalue weighted by Crippen LogP contribution is -2.50. The molecule has 0 radical (unpaired) electrons. The Kier molecular flexibility index (Phi) is 6.25. The molecule has 1 aliphatic heterocycles. The second-order valence-electron chi connectivity index (χ2n) is 6.45. The summed E-state index contributed by atoms with van der Waals surface area (Å²) in [6.07, 6.45) is 1.58. The van der Waals surface area contributed by atoms with E-state index >= 15 is 0 Å². The van der Waals surface area contributed by atoms with Gasteiger partial charge in [-0.3, -0.25) is 19.3 Å². The van der Waals surface area contributed by atoms with Crippen LogP contribution < -0.4 is 16.4 Å². The highest BCUT2D eigenvalue weighted by Crippen LogP contribution is 2.23. The zero-order valence-electron chi connectivity index (χ0n) is 14.9. The first-order valence-electron chi connectivity index (χ1n) is 8.72. The number of nitrogens with zero attached hydrogens (tertiary/aromatic N) is 1. The Balaban J connectivity index is 1.49. The molecule has 1 fully saturated rings. The van der Waals surface area contributed by atoms with Gasteiger partial charge in [0.2, 0.25) is 5.91 Å². The van der Waals surface area contributed by atoms with Crippen molar-refractivity contribution >= 4 is 45.4 Å². The molecule has 3 heterocycles. The van der Waals surface area contributed by atoms with Crippen LogP contribution in [-0.2, 0) is 4.79 Å². The first kappa shape index (κ1) is 19.5. The number of rotatable bonds is 6. The van der Waals surface area contributed by atoms with Crippen molar-refractivity contribution in [3.8, 4) is 0 Å². The normalized spacial score (nSPS) is 16.6. The van der Waals surface area contributed by atoms with E-state index in [9.17, 15) is 14.4 Å². The molecular weight excluding hydrogens is 384 g/mol. The lowest BCUT2D eigenvalue weighted by Gasteiger charge is -2.35. The molecule has 1 aliphatic rings. The summed E-state index contributed by atoms with van der Waals surface area (Å²) in [4.78, 5) is 38.9. The van der Waals surface area contributed by atoms with Gasteiger partial charge in [-0.25, -0.2) is 0 Å². The van der Waals surface area contributed by atoms with Crippen molar-refractivity contribution in [2.24, 2.45) is 5.73 Å². The van der Waals surface area contributed by atoms with E-state index in [0.29, 0.717) is 15.4 Å². The molecule has 3 amide bonds. The first-order valence-corrected chi connectivity index (χ1v) is 10.5. The van der Waals surface area contributed by atoms with Gasteiger partial charge in [-0.2, -0.15) is 0 Å². The zero-order valence-corrected chi connectivity index (χ0v) is 16.6. The standard InChI is InChI=1S/C18H22N4O3S2/c1-11(16(24)21-18-13(15(19)23)6-10-27-18)22-7-4-12(5-8-22)20-17(25)14-3-2-9-26-14/h2-3,6,9-12H,4-5,7-8H2,1H3,(H2,19,23)(H,20,25)(H,21,24). The summed E-state index contributed by atoms with van der Waals surface area (Å²) < 4.78 is 0. The van der Waals surface area contributed by atoms with Crippen LogP contribution in [0.5, 0.6) is 0 Å². The van der Waals surface area contributed by atoms with Crippen LogP contribution in [0.1, 0.15) is 39.8 Å². The number of anilines is 1. The van der Waals surface area contributed by atoms with Crippen molar-refractivity contribution in [1.82, 2.24) is 10.2 Å². The van der Waals surface area contributed by atoms with E-state index in [2.05, 4.69) is 15.5 Å². The molecule has 3 rings (SSSR count). The van der Waals surface area contributed by atoms with E-state index in [1.165, 1.54) is 22.7 Å². The lowest BCUT2D eigenvalue weighted by molar-refractivity contribution is -0.121. The van der Waals surface area contributed by atoms with Crippen molar-refractivity contribution in [3.05, 3.63) is 39.4 Å². The number of piperidine rings is 1. The molecule has 1 saturated heterocycles. The molecule has 0 aromatic carbocycles. The summed E-state index contributed by atoms with van der Waals surface area (Å²) in [5, 5.41) is 9.95. The Hall–Kier alpha value is -2.23. The topological polar surface area (TPSA) is 105 Å². The van der Waals surface area contributed by atoms with Gasteiger partial charge in [0.25, 0.3) is 11.8 Å². The fourth-order valence-corrected chi connectivity index (χ4v) is 4.50. The number of nitrogens with two attached hydrogens (primary N) is 1. The van der Waals surface area contributed by atoms with E-state index in [-0.39, 0.29) is 23.9 Å². The van der Waals surface area contributed by atoms with E-state index in [1.54, 1.807) is 11.4 Å². The summed E-state index contributed by atoms with van der Waals surface area (Å²) >= 11 is 2.70. The first-order chi connectivity index (χ1) is 13.0. The van der Waals surface area contributed by atoms with E-state index < -0.39 is 5.91 Å². The minimum atomic E-state index is -0.554. The van der Waals surface area contributed by atoms with Gasteiger partial charge in [0.15, 0.2) is 0 Å². The van der Waals surface area contributed by atoms with E-state index in [1.807, 2.05) is 24.4 Å². The van der Waals surface area contributed by atoms with Crippen molar-refractivity contribution in [2.75, 3.05) is 18.4 Å². The smallest absolute Gasteiger partial charge is 0.261 e. The number of nitrogens with one attached hydrogen (secondary N) is 2.